The molecule has 0 saturated carbocycles. The lowest BCUT2D eigenvalue weighted by Gasteiger charge is -2.41. The van der Waals surface area contributed by atoms with E-state index in [1.807, 2.05) is 34.6 Å². The third-order valence-electron chi connectivity index (χ3n) is 7.38. The zero-order valence-corrected chi connectivity index (χ0v) is 23.7. The van der Waals surface area contributed by atoms with E-state index in [-0.39, 0.29) is 23.3 Å². The number of aromatic nitrogens is 2. The van der Waals surface area contributed by atoms with Crippen molar-refractivity contribution in [3.05, 3.63) is 56.7 Å². The van der Waals surface area contributed by atoms with Gasteiger partial charge in [0, 0.05) is 50.9 Å². The smallest absolute Gasteiger partial charge is 0.333 e. The first kappa shape index (κ1) is 29.5. The number of hydrogen-bond donors (Lipinski definition) is 1. The second-order valence-electron chi connectivity index (χ2n) is 11.0. The average molecular weight is 526 g/mol. The van der Waals surface area contributed by atoms with Crippen molar-refractivity contribution in [3.63, 3.8) is 0 Å². The maximum atomic E-state index is 13.2. The topological polar surface area (TPSA) is 104 Å². The molecule has 1 aromatic heterocycles. The van der Waals surface area contributed by atoms with Crippen LogP contribution in [0.5, 0.6) is 5.75 Å². The third kappa shape index (κ3) is 6.66. The molecule has 3 rings (SSSR count). The van der Waals surface area contributed by atoms with Crippen molar-refractivity contribution in [2.45, 2.75) is 84.6 Å². The predicted molar refractivity (Wildman–Crippen MR) is 150 cm³/mol. The highest BCUT2D eigenvalue weighted by Crippen LogP contribution is 2.28. The summed E-state index contributed by atoms with van der Waals surface area (Å²) in [6, 6.07) is 10.4. The Balaban J connectivity index is 1.72. The number of aliphatic hydroxyl groups excluding tert-OH is 1. The molecule has 38 heavy (non-hydrogen) atoms. The van der Waals surface area contributed by atoms with Crippen LogP contribution in [0.4, 0.5) is 5.82 Å². The van der Waals surface area contributed by atoms with Crippen molar-refractivity contribution in [2.24, 2.45) is 0 Å². The molecule has 1 N–H and O–H groups in total. The minimum absolute atomic E-state index is 0.0819. The Labute approximate surface area is 225 Å². The van der Waals surface area contributed by atoms with Crippen LogP contribution in [0, 0.1) is 11.3 Å². The van der Waals surface area contributed by atoms with Gasteiger partial charge in [0.2, 0.25) is 0 Å². The molecule has 2 aromatic rings. The second-order valence-corrected chi connectivity index (χ2v) is 11.0. The van der Waals surface area contributed by atoms with Crippen molar-refractivity contribution in [1.29, 1.82) is 5.26 Å². The highest BCUT2D eigenvalue weighted by Gasteiger charge is 2.37. The summed E-state index contributed by atoms with van der Waals surface area (Å²) < 4.78 is 9.34. The Kier molecular flexibility index (Phi) is 9.80. The summed E-state index contributed by atoms with van der Waals surface area (Å²) in [5, 5.41) is 20.4. The summed E-state index contributed by atoms with van der Waals surface area (Å²) in [5.41, 5.74) is -0.764. The highest BCUT2D eigenvalue weighted by atomic mass is 16.5. The normalized spacial score (nSPS) is 16.9. The van der Waals surface area contributed by atoms with Gasteiger partial charge in [0.05, 0.1) is 11.6 Å². The number of β-amino-alcohol motifs (C(OH)–C–C–N with tert-alkyl or cyclic N) is 1. The second kappa shape index (κ2) is 12.6. The fourth-order valence-corrected chi connectivity index (χ4v) is 5.04. The van der Waals surface area contributed by atoms with Crippen LogP contribution in [0.25, 0.3) is 0 Å². The minimum Gasteiger partial charge on any atom is -0.485 e. The zero-order chi connectivity index (χ0) is 28.0. The molecule has 1 aromatic carbocycles. The number of hydrogen-bond acceptors (Lipinski definition) is 7. The summed E-state index contributed by atoms with van der Waals surface area (Å²) in [6.45, 7) is 14.8. The van der Waals surface area contributed by atoms with Crippen molar-refractivity contribution in [2.75, 3.05) is 37.6 Å². The van der Waals surface area contributed by atoms with Crippen molar-refractivity contribution >= 4 is 5.82 Å². The van der Waals surface area contributed by atoms with E-state index < -0.39 is 11.7 Å². The largest absolute Gasteiger partial charge is 0.485 e. The Morgan fingerprint density at radius 3 is 2.16 bits per heavy atom. The quantitative estimate of drug-likeness (QED) is 0.478. The van der Waals surface area contributed by atoms with Crippen LogP contribution < -0.4 is 20.9 Å². The van der Waals surface area contributed by atoms with Gasteiger partial charge in [-0.25, -0.2) is 4.79 Å². The zero-order valence-electron chi connectivity index (χ0n) is 23.7. The van der Waals surface area contributed by atoms with Gasteiger partial charge in [0.15, 0.2) is 0 Å². The van der Waals surface area contributed by atoms with Gasteiger partial charge in [-0.3, -0.25) is 18.8 Å². The monoisotopic (exact) mass is 525 g/mol. The maximum absolute atomic E-state index is 13.2. The van der Waals surface area contributed by atoms with E-state index in [1.54, 1.807) is 34.9 Å². The number of piperazine rings is 1. The van der Waals surface area contributed by atoms with E-state index in [2.05, 4.69) is 22.8 Å². The number of ether oxygens (including phenoxy) is 1. The van der Waals surface area contributed by atoms with Crippen LogP contribution in [0.1, 0.15) is 78.5 Å². The Hall–Kier alpha value is -3.09. The highest BCUT2D eigenvalue weighted by molar-refractivity contribution is 5.40. The van der Waals surface area contributed by atoms with Gasteiger partial charge in [0.1, 0.15) is 23.3 Å². The Bertz CT molecular complexity index is 1220. The molecule has 9 heteroatoms. The fourth-order valence-electron chi connectivity index (χ4n) is 5.04. The van der Waals surface area contributed by atoms with Crippen LogP contribution >= 0.6 is 0 Å². The summed E-state index contributed by atoms with van der Waals surface area (Å²) in [5.74, 6) is 1.29. The Morgan fingerprint density at radius 2 is 1.63 bits per heavy atom. The number of rotatable bonds is 11. The molecule has 0 spiro atoms. The van der Waals surface area contributed by atoms with E-state index in [0.717, 1.165) is 12.8 Å². The lowest BCUT2D eigenvalue weighted by atomic mass is 9.91. The van der Waals surface area contributed by atoms with Crippen molar-refractivity contribution < 1.29 is 9.84 Å². The molecule has 9 nitrogen and oxygen atoms in total. The number of nitriles is 1. The summed E-state index contributed by atoms with van der Waals surface area (Å²) in [4.78, 5) is 30.2. The SMILES string of the molecule is CCCCC(C)(Oc1ccc(C#N)cc1)C(O)CN1CCN(c2cc(=O)n(C(C)C)c(=O)n2C(C)C)CC1. The molecular formula is C29H43N5O4. The molecule has 1 fully saturated rings. The molecule has 0 amide bonds. The summed E-state index contributed by atoms with van der Waals surface area (Å²) in [7, 11) is 0. The van der Waals surface area contributed by atoms with Gasteiger partial charge in [-0.1, -0.05) is 13.3 Å². The average Bonchev–Trinajstić information content (AvgIpc) is 2.87. The minimum atomic E-state index is -0.777. The van der Waals surface area contributed by atoms with Gasteiger partial charge >= 0.3 is 5.69 Å². The first-order valence-electron chi connectivity index (χ1n) is 13.7. The summed E-state index contributed by atoms with van der Waals surface area (Å²) in [6.07, 6.45) is 1.90. The number of aliphatic hydroxyl groups is 1. The van der Waals surface area contributed by atoms with Crippen LogP contribution in [0.15, 0.2) is 39.9 Å². The molecule has 0 aliphatic carbocycles. The van der Waals surface area contributed by atoms with Crippen LogP contribution in [0.2, 0.25) is 0 Å². The fraction of sp³-hybridized carbons (Fsp3) is 0.621. The first-order chi connectivity index (χ1) is 18.0. The number of unbranched alkanes of at least 4 members (excludes halogenated alkanes) is 1. The maximum Gasteiger partial charge on any atom is 0.333 e. The molecule has 1 aliphatic heterocycles. The van der Waals surface area contributed by atoms with Gasteiger partial charge in [0.25, 0.3) is 5.56 Å². The van der Waals surface area contributed by atoms with Crippen molar-refractivity contribution in [1.82, 2.24) is 14.0 Å². The van der Waals surface area contributed by atoms with Crippen LogP contribution in [-0.2, 0) is 0 Å². The Morgan fingerprint density at radius 1 is 1.03 bits per heavy atom. The molecule has 2 unspecified atom stereocenters. The third-order valence-corrected chi connectivity index (χ3v) is 7.38. The molecule has 208 valence electrons. The number of benzene rings is 1. The lowest BCUT2D eigenvalue weighted by Crippen LogP contribution is -2.55. The van der Waals surface area contributed by atoms with Crippen LogP contribution in [-0.4, -0.2) is 63.6 Å². The first-order valence-corrected chi connectivity index (χ1v) is 13.7. The predicted octanol–water partition coefficient (Wildman–Crippen LogP) is 3.55. The van der Waals surface area contributed by atoms with E-state index >= 15 is 0 Å². The molecule has 2 heterocycles. The number of nitrogens with zero attached hydrogens (tertiary/aromatic N) is 5. The lowest BCUT2D eigenvalue weighted by molar-refractivity contribution is -0.0626. The molecule has 0 bridgehead atoms. The summed E-state index contributed by atoms with van der Waals surface area (Å²) >= 11 is 0. The van der Waals surface area contributed by atoms with Gasteiger partial charge in [-0.05, 0) is 71.7 Å². The van der Waals surface area contributed by atoms with Crippen molar-refractivity contribution in [3.8, 4) is 11.8 Å². The van der Waals surface area contributed by atoms with Gasteiger partial charge < -0.3 is 14.7 Å². The molecule has 1 saturated heterocycles. The van der Waals surface area contributed by atoms with Gasteiger partial charge in [-0.2, -0.15) is 5.26 Å². The van der Waals surface area contributed by atoms with E-state index in [4.69, 9.17) is 10.00 Å². The van der Waals surface area contributed by atoms with Crippen LogP contribution in [0.3, 0.4) is 0 Å². The molecule has 1 aliphatic rings. The number of anilines is 1. The van der Waals surface area contributed by atoms with E-state index in [1.165, 1.54) is 4.57 Å². The molecular weight excluding hydrogens is 482 g/mol. The van der Waals surface area contributed by atoms with Gasteiger partial charge in [-0.15, -0.1) is 0 Å². The molecule has 0 radical (unpaired) electrons. The standard InChI is InChI=1S/C29H43N5O4/c1-7-8-13-29(6,38-24-11-9-23(19-30)10-12-24)25(35)20-31-14-16-32(17-15-31)26-18-27(36)34(22(4)5)28(37)33(26)21(2)3/h9-12,18,21-22,25,35H,7-8,13-17,20H2,1-6H3. The van der Waals surface area contributed by atoms with E-state index in [9.17, 15) is 14.7 Å². The van der Waals surface area contributed by atoms with E-state index in [0.29, 0.717) is 56.3 Å². The molecule has 2 atom stereocenters.